The quantitative estimate of drug-likeness (QED) is 0.187. The third-order valence-corrected chi connectivity index (χ3v) is 6.68. The predicted octanol–water partition coefficient (Wildman–Crippen LogP) is 7.21. The van der Waals surface area contributed by atoms with Crippen LogP contribution in [0.25, 0.3) is 6.08 Å². The van der Waals surface area contributed by atoms with Crippen LogP contribution >= 0.6 is 50.9 Å². The summed E-state index contributed by atoms with van der Waals surface area (Å²) in [7, 11) is 0. The number of thioether (sulfide) groups is 1. The van der Waals surface area contributed by atoms with Crippen molar-refractivity contribution >= 4 is 74.1 Å². The number of esters is 1. The Bertz CT molecular complexity index is 1290. The van der Waals surface area contributed by atoms with Gasteiger partial charge in [0.25, 0.3) is 11.1 Å². The van der Waals surface area contributed by atoms with Gasteiger partial charge in [-0.05, 0) is 65.9 Å². The fraction of sp³-hybridized carbons (Fsp3) is 0.0417. The average molecular weight is 563 g/mol. The van der Waals surface area contributed by atoms with Crippen molar-refractivity contribution in [3.8, 4) is 5.75 Å². The Balaban J connectivity index is 1.59. The molecule has 5 nitrogen and oxygen atoms in total. The maximum absolute atomic E-state index is 12.9. The van der Waals surface area contributed by atoms with Crippen molar-refractivity contribution in [3.63, 3.8) is 0 Å². The van der Waals surface area contributed by atoms with Crippen LogP contribution in [-0.4, -0.2) is 22.0 Å². The number of benzene rings is 3. The van der Waals surface area contributed by atoms with E-state index in [2.05, 4.69) is 15.9 Å². The molecule has 0 aromatic heterocycles. The van der Waals surface area contributed by atoms with E-state index >= 15 is 0 Å². The largest absolute Gasteiger partial charge is 0.422 e. The molecule has 0 unspecified atom stereocenters. The van der Waals surface area contributed by atoms with Crippen LogP contribution in [-0.2, 0) is 11.3 Å². The van der Waals surface area contributed by atoms with E-state index < -0.39 is 11.9 Å². The van der Waals surface area contributed by atoms with Gasteiger partial charge in [-0.1, -0.05) is 63.4 Å². The third kappa shape index (κ3) is 5.50. The standard InChI is InChI=1S/C24H14BrCl2NO4S/c25-16-7-5-14(6-8-16)13-28-22(29)21(33-24(28)31)12-15-11-17(26)9-10-20(15)32-23(30)18-3-1-2-4-19(18)27/h1-12H,13H2/b21-12-. The van der Waals surface area contributed by atoms with Crippen molar-refractivity contribution in [2.75, 3.05) is 0 Å². The fourth-order valence-corrected chi connectivity index (χ4v) is 4.54. The monoisotopic (exact) mass is 561 g/mol. The first-order chi connectivity index (χ1) is 15.8. The Kier molecular flexibility index (Phi) is 7.24. The molecule has 2 amide bonds. The molecule has 3 aromatic carbocycles. The molecule has 1 saturated heterocycles. The first kappa shape index (κ1) is 23.6. The number of imide groups is 1. The summed E-state index contributed by atoms with van der Waals surface area (Å²) in [5, 5.41) is 0.255. The second-order valence-electron chi connectivity index (χ2n) is 6.95. The maximum atomic E-state index is 12.9. The number of halogens is 3. The van der Waals surface area contributed by atoms with Crippen LogP contribution < -0.4 is 4.74 Å². The minimum Gasteiger partial charge on any atom is -0.422 e. The van der Waals surface area contributed by atoms with E-state index in [1.807, 2.05) is 24.3 Å². The van der Waals surface area contributed by atoms with Crippen molar-refractivity contribution in [1.29, 1.82) is 0 Å². The number of nitrogens with zero attached hydrogens (tertiary/aromatic N) is 1. The molecule has 0 spiro atoms. The molecule has 1 fully saturated rings. The number of ether oxygens (including phenoxy) is 1. The van der Waals surface area contributed by atoms with Gasteiger partial charge in [0.1, 0.15) is 5.75 Å². The Morgan fingerprint density at radius 3 is 2.48 bits per heavy atom. The Morgan fingerprint density at radius 1 is 1.03 bits per heavy atom. The van der Waals surface area contributed by atoms with E-state index in [0.29, 0.717) is 10.6 Å². The van der Waals surface area contributed by atoms with Crippen LogP contribution in [0.2, 0.25) is 10.0 Å². The van der Waals surface area contributed by atoms with Crippen LogP contribution in [0.3, 0.4) is 0 Å². The predicted molar refractivity (Wildman–Crippen MR) is 134 cm³/mol. The second-order valence-corrected chi connectivity index (χ2v) is 9.70. The second kappa shape index (κ2) is 10.1. The molecule has 0 saturated carbocycles. The summed E-state index contributed by atoms with van der Waals surface area (Å²) >= 11 is 16.4. The van der Waals surface area contributed by atoms with Gasteiger partial charge in [-0.3, -0.25) is 14.5 Å². The zero-order chi connectivity index (χ0) is 23.5. The molecule has 33 heavy (non-hydrogen) atoms. The molecule has 1 aliphatic rings. The lowest BCUT2D eigenvalue weighted by Crippen LogP contribution is -2.27. The lowest BCUT2D eigenvalue weighted by molar-refractivity contribution is -0.123. The van der Waals surface area contributed by atoms with Crippen LogP contribution in [0, 0.1) is 0 Å². The summed E-state index contributed by atoms with van der Waals surface area (Å²) in [4.78, 5) is 39.4. The molecule has 166 valence electrons. The Hall–Kier alpha value is -2.58. The van der Waals surface area contributed by atoms with E-state index in [4.69, 9.17) is 27.9 Å². The van der Waals surface area contributed by atoms with Gasteiger partial charge in [-0.15, -0.1) is 0 Å². The number of carbonyl (C=O) groups excluding carboxylic acids is 3. The van der Waals surface area contributed by atoms with Gasteiger partial charge in [0, 0.05) is 15.1 Å². The van der Waals surface area contributed by atoms with Crippen LogP contribution in [0.15, 0.2) is 76.1 Å². The topological polar surface area (TPSA) is 63.7 Å². The highest BCUT2D eigenvalue weighted by Gasteiger charge is 2.35. The van der Waals surface area contributed by atoms with Gasteiger partial charge in [-0.25, -0.2) is 4.79 Å². The lowest BCUT2D eigenvalue weighted by atomic mass is 10.1. The summed E-state index contributed by atoms with van der Waals surface area (Å²) < 4.78 is 6.43. The Labute approximate surface area is 212 Å². The van der Waals surface area contributed by atoms with Crippen molar-refractivity contribution in [1.82, 2.24) is 4.90 Å². The average Bonchev–Trinajstić information content (AvgIpc) is 3.04. The zero-order valence-corrected chi connectivity index (χ0v) is 20.7. The molecule has 4 rings (SSSR count). The molecular formula is C24H14BrCl2NO4S. The summed E-state index contributed by atoms with van der Waals surface area (Å²) in [6.07, 6.45) is 1.49. The summed E-state index contributed by atoms with van der Waals surface area (Å²) in [6.45, 7) is 0.152. The third-order valence-electron chi connectivity index (χ3n) is 4.68. The number of rotatable bonds is 5. The van der Waals surface area contributed by atoms with E-state index in [1.54, 1.807) is 36.4 Å². The van der Waals surface area contributed by atoms with Crippen LogP contribution in [0.4, 0.5) is 4.79 Å². The van der Waals surface area contributed by atoms with Crippen molar-refractivity contribution in [2.24, 2.45) is 0 Å². The van der Waals surface area contributed by atoms with Crippen molar-refractivity contribution in [2.45, 2.75) is 6.54 Å². The molecule has 3 aromatic rings. The van der Waals surface area contributed by atoms with Crippen molar-refractivity contribution < 1.29 is 19.1 Å². The molecule has 0 bridgehead atoms. The summed E-state index contributed by atoms with van der Waals surface area (Å²) in [6, 6.07) is 18.5. The van der Waals surface area contributed by atoms with E-state index in [1.165, 1.54) is 17.0 Å². The molecular weight excluding hydrogens is 549 g/mol. The van der Waals surface area contributed by atoms with Gasteiger partial charge in [0.05, 0.1) is 22.0 Å². The Morgan fingerprint density at radius 2 is 1.76 bits per heavy atom. The first-order valence-corrected chi connectivity index (χ1v) is 11.9. The van der Waals surface area contributed by atoms with Gasteiger partial charge in [0.2, 0.25) is 0 Å². The highest BCUT2D eigenvalue weighted by molar-refractivity contribution is 9.10. The van der Waals surface area contributed by atoms with Gasteiger partial charge in [-0.2, -0.15) is 0 Å². The van der Waals surface area contributed by atoms with E-state index in [0.717, 1.165) is 21.8 Å². The van der Waals surface area contributed by atoms with E-state index in [-0.39, 0.29) is 33.0 Å². The maximum Gasteiger partial charge on any atom is 0.345 e. The highest BCUT2D eigenvalue weighted by atomic mass is 79.9. The van der Waals surface area contributed by atoms with Crippen LogP contribution in [0.1, 0.15) is 21.5 Å². The minimum atomic E-state index is -0.652. The fourth-order valence-electron chi connectivity index (χ4n) is 3.06. The number of amides is 2. The van der Waals surface area contributed by atoms with Gasteiger partial charge >= 0.3 is 5.97 Å². The number of hydrogen-bond acceptors (Lipinski definition) is 5. The lowest BCUT2D eigenvalue weighted by Gasteiger charge is -2.12. The summed E-state index contributed by atoms with van der Waals surface area (Å²) in [5.74, 6) is -0.902. The smallest absolute Gasteiger partial charge is 0.345 e. The molecule has 1 aliphatic heterocycles. The highest BCUT2D eigenvalue weighted by Crippen LogP contribution is 2.36. The van der Waals surface area contributed by atoms with E-state index in [9.17, 15) is 14.4 Å². The molecule has 9 heteroatoms. The minimum absolute atomic E-state index is 0.152. The molecule has 0 radical (unpaired) electrons. The normalized spacial score (nSPS) is 14.8. The molecule has 0 N–H and O–H groups in total. The zero-order valence-electron chi connectivity index (χ0n) is 16.8. The van der Waals surface area contributed by atoms with Crippen molar-refractivity contribution in [3.05, 3.63) is 103 Å². The summed E-state index contributed by atoms with van der Waals surface area (Å²) in [5.41, 5.74) is 1.41. The molecule has 0 aliphatic carbocycles. The number of hydrogen-bond donors (Lipinski definition) is 0. The van der Waals surface area contributed by atoms with Gasteiger partial charge in [0.15, 0.2) is 0 Å². The molecule has 1 heterocycles. The number of carbonyl (C=O) groups is 3. The van der Waals surface area contributed by atoms with Crippen LogP contribution in [0.5, 0.6) is 5.75 Å². The molecule has 0 atom stereocenters. The van der Waals surface area contributed by atoms with Gasteiger partial charge < -0.3 is 4.74 Å². The SMILES string of the molecule is O=C(Oc1ccc(Cl)cc1/C=C1\SC(=O)N(Cc2ccc(Br)cc2)C1=O)c1ccccc1Cl. The first-order valence-electron chi connectivity index (χ1n) is 9.58.